The molecule has 0 bridgehead atoms. The summed E-state index contributed by atoms with van der Waals surface area (Å²) < 4.78 is 5.18. The van der Waals surface area contributed by atoms with Gasteiger partial charge in [0, 0.05) is 30.7 Å². The lowest BCUT2D eigenvalue weighted by atomic mass is 10.0. The van der Waals surface area contributed by atoms with Gasteiger partial charge in [-0.2, -0.15) is 5.26 Å². The predicted octanol–water partition coefficient (Wildman–Crippen LogP) is 3.35. The third-order valence-electron chi connectivity index (χ3n) is 4.75. The topological polar surface area (TPSA) is 124 Å². The molecule has 1 atom stereocenters. The molecule has 0 spiro atoms. The summed E-state index contributed by atoms with van der Waals surface area (Å²) in [5, 5.41) is 14.3. The smallest absolute Gasteiger partial charge is 0.411 e. The molecule has 1 unspecified atom stereocenters. The first-order valence-corrected chi connectivity index (χ1v) is 10.7. The first-order chi connectivity index (χ1) is 15.8. The second-order valence-corrected chi connectivity index (χ2v) is 7.96. The second kappa shape index (κ2) is 12.8. The molecule has 0 fully saturated rings. The summed E-state index contributed by atoms with van der Waals surface area (Å²) in [6.07, 6.45) is 6.51. The van der Waals surface area contributed by atoms with Crippen molar-refractivity contribution in [3.05, 3.63) is 59.9 Å². The average molecular weight is 452 g/mol. The molecule has 0 aliphatic rings. The number of benzene rings is 1. The minimum absolute atomic E-state index is 0.147. The summed E-state index contributed by atoms with van der Waals surface area (Å²) in [4.78, 5) is 41.9. The van der Waals surface area contributed by atoms with Crippen LogP contribution in [0, 0.1) is 17.4 Å². The number of carbonyl (C=O) groups is 3. The normalized spacial score (nSPS) is 11.2. The number of hydrogen-bond donors (Lipinski definition) is 2. The van der Waals surface area contributed by atoms with Crippen LogP contribution in [0.2, 0.25) is 0 Å². The number of pyridine rings is 1. The van der Waals surface area contributed by atoms with Crippen molar-refractivity contribution in [2.24, 2.45) is 5.92 Å². The van der Waals surface area contributed by atoms with Gasteiger partial charge in [0.05, 0.1) is 6.61 Å². The molecule has 1 aromatic carbocycles. The SMILES string of the molecule is CC(C)CC(NC(=O)c1ccc(NC(=O)OCCCc2cccnc2)cc1)C(=O)N(C)C#N. The van der Waals surface area contributed by atoms with E-state index in [1.165, 1.54) is 19.2 Å². The molecule has 3 amide bonds. The van der Waals surface area contributed by atoms with Crippen LogP contribution in [0.4, 0.5) is 10.5 Å². The number of aryl methyl sites for hydroxylation is 1. The molecule has 0 aliphatic carbocycles. The van der Waals surface area contributed by atoms with Crippen molar-refractivity contribution in [2.75, 3.05) is 19.0 Å². The van der Waals surface area contributed by atoms with Crippen molar-refractivity contribution >= 4 is 23.6 Å². The Morgan fingerprint density at radius 1 is 1.18 bits per heavy atom. The van der Waals surface area contributed by atoms with Crippen molar-refractivity contribution in [1.29, 1.82) is 5.26 Å². The number of amides is 3. The Bertz CT molecular complexity index is 971. The van der Waals surface area contributed by atoms with Crippen LogP contribution in [0.1, 0.15) is 42.6 Å². The zero-order chi connectivity index (χ0) is 24.2. The van der Waals surface area contributed by atoms with E-state index in [9.17, 15) is 14.4 Å². The molecule has 0 saturated carbocycles. The van der Waals surface area contributed by atoms with E-state index in [4.69, 9.17) is 10.00 Å². The Hall–Kier alpha value is -3.93. The van der Waals surface area contributed by atoms with Crippen LogP contribution in [0.25, 0.3) is 0 Å². The van der Waals surface area contributed by atoms with Gasteiger partial charge in [-0.1, -0.05) is 19.9 Å². The molecule has 9 nitrogen and oxygen atoms in total. The van der Waals surface area contributed by atoms with E-state index in [0.29, 0.717) is 24.1 Å². The maximum absolute atomic E-state index is 12.6. The zero-order valence-electron chi connectivity index (χ0n) is 19.1. The Morgan fingerprint density at radius 2 is 1.91 bits per heavy atom. The third-order valence-corrected chi connectivity index (χ3v) is 4.75. The minimum Gasteiger partial charge on any atom is -0.449 e. The highest BCUT2D eigenvalue weighted by molar-refractivity contribution is 5.98. The number of nitrogens with zero attached hydrogens (tertiary/aromatic N) is 3. The Morgan fingerprint density at radius 3 is 2.52 bits per heavy atom. The van der Waals surface area contributed by atoms with E-state index in [0.717, 1.165) is 16.9 Å². The molecule has 0 saturated heterocycles. The number of nitrogens with one attached hydrogen (secondary N) is 2. The van der Waals surface area contributed by atoms with Gasteiger partial charge in [0.15, 0.2) is 6.19 Å². The quantitative estimate of drug-likeness (QED) is 0.324. The fourth-order valence-corrected chi connectivity index (χ4v) is 3.06. The summed E-state index contributed by atoms with van der Waals surface area (Å²) in [7, 11) is 1.36. The maximum Gasteiger partial charge on any atom is 0.411 e. The number of aromatic nitrogens is 1. The van der Waals surface area contributed by atoms with Crippen LogP contribution in [0.5, 0.6) is 0 Å². The van der Waals surface area contributed by atoms with Crippen LogP contribution in [0.3, 0.4) is 0 Å². The van der Waals surface area contributed by atoms with Crippen LogP contribution < -0.4 is 10.6 Å². The van der Waals surface area contributed by atoms with E-state index in [1.54, 1.807) is 30.7 Å². The first kappa shape index (κ1) is 25.3. The van der Waals surface area contributed by atoms with Crippen molar-refractivity contribution < 1.29 is 19.1 Å². The average Bonchev–Trinajstić information content (AvgIpc) is 2.81. The van der Waals surface area contributed by atoms with Gasteiger partial charge in [0.1, 0.15) is 6.04 Å². The molecule has 2 aromatic rings. The van der Waals surface area contributed by atoms with Gasteiger partial charge in [-0.3, -0.25) is 24.8 Å². The van der Waals surface area contributed by atoms with Gasteiger partial charge < -0.3 is 10.1 Å². The van der Waals surface area contributed by atoms with Gasteiger partial charge in [-0.05, 0) is 61.1 Å². The van der Waals surface area contributed by atoms with Crippen molar-refractivity contribution in [2.45, 2.75) is 39.2 Å². The summed E-state index contributed by atoms with van der Waals surface area (Å²) in [5.41, 5.74) is 1.88. The number of anilines is 1. The van der Waals surface area contributed by atoms with Gasteiger partial charge in [0.2, 0.25) is 0 Å². The summed E-state index contributed by atoms with van der Waals surface area (Å²) in [5.74, 6) is -0.762. The highest BCUT2D eigenvalue weighted by Crippen LogP contribution is 2.12. The number of likely N-dealkylation sites (N-methyl/N-ethyl adjacent to an activating group) is 1. The van der Waals surface area contributed by atoms with Crippen LogP contribution >= 0.6 is 0 Å². The van der Waals surface area contributed by atoms with Crippen molar-refractivity contribution in [3.63, 3.8) is 0 Å². The Labute approximate surface area is 193 Å². The summed E-state index contributed by atoms with van der Waals surface area (Å²) >= 11 is 0. The summed E-state index contributed by atoms with van der Waals surface area (Å²) in [6.45, 7) is 4.12. The number of rotatable bonds is 10. The van der Waals surface area contributed by atoms with Crippen LogP contribution in [-0.2, 0) is 16.0 Å². The standard InChI is InChI=1S/C24H29N5O4/c1-17(2)14-21(23(31)29(3)16-25)28-22(30)19-8-10-20(11-9-19)27-24(32)33-13-5-7-18-6-4-12-26-15-18/h4,6,8-12,15,17,21H,5,7,13-14H2,1-3H3,(H,27,32)(H,28,30). The van der Waals surface area contributed by atoms with E-state index in [2.05, 4.69) is 15.6 Å². The van der Waals surface area contributed by atoms with Gasteiger partial charge >= 0.3 is 6.09 Å². The number of nitriles is 1. The van der Waals surface area contributed by atoms with E-state index in [1.807, 2.05) is 26.0 Å². The lowest BCUT2D eigenvalue weighted by Crippen LogP contribution is -2.46. The maximum atomic E-state index is 12.6. The number of hydrogen-bond acceptors (Lipinski definition) is 6. The molecule has 33 heavy (non-hydrogen) atoms. The monoisotopic (exact) mass is 451 g/mol. The second-order valence-electron chi connectivity index (χ2n) is 7.96. The van der Waals surface area contributed by atoms with Gasteiger partial charge in [0.25, 0.3) is 11.8 Å². The largest absolute Gasteiger partial charge is 0.449 e. The highest BCUT2D eigenvalue weighted by Gasteiger charge is 2.25. The molecule has 1 aromatic heterocycles. The number of ether oxygens (including phenoxy) is 1. The Kier molecular flexibility index (Phi) is 9.83. The van der Waals surface area contributed by atoms with E-state index < -0.39 is 23.9 Å². The van der Waals surface area contributed by atoms with Crippen molar-refractivity contribution in [3.8, 4) is 6.19 Å². The molecule has 174 valence electrons. The molecular weight excluding hydrogens is 422 g/mol. The molecule has 0 radical (unpaired) electrons. The first-order valence-electron chi connectivity index (χ1n) is 10.7. The molecule has 0 aliphatic heterocycles. The lowest BCUT2D eigenvalue weighted by molar-refractivity contribution is -0.129. The molecule has 1 heterocycles. The predicted molar refractivity (Wildman–Crippen MR) is 123 cm³/mol. The van der Waals surface area contributed by atoms with E-state index in [-0.39, 0.29) is 12.5 Å². The minimum atomic E-state index is -0.804. The third kappa shape index (κ3) is 8.61. The molecule has 2 rings (SSSR count). The van der Waals surface area contributed by atoms with Crippen LogP contribution in [0.15, 0.2) is 48.8 Å². The van der Waals surface area contributed by atoms with Crippen LogP contribution in [-0.4, -0.2) is 47.5 Å². The molecular formula is C24H29N5O4. The van der Waals surface area contributed by atoms with Crippen molar-refractivity contribution in [1.82, 2.24) is 15.2 Å². The fraction of sp³-hybridized carbons (Fsp3) is 0.375. The van der Waals surface area contributed by atoms with E-state index >= 15 is 0 Å². The number of carbonyl (C=O) groups excluding carboxylic acids is 3. The molecule has 9 heteroatoms. The zero-order valence-corrected chi connectivity index (χ0v) is 19.1. The fourth-order valence-electron chi connectivity index (χ4n) is 3.06. The summed E-state index contributed by atoms with van der Waals surface area (Å²) in [6, 6.07) is 9.25. The Balaban J connectivity index is 1.84. The lowest BCUT2D eigenvalue weighted by Gasteiger charge is -2.21. The molecule has 2 N–H and O–H groups in total. The highest BCUT2D eigenvalue weighted by atomic mass is 16.5. The van der Waals surface area contributed by atoms with Gasteiger partial charge in [-0.15, -0.1) is 0 Å². The van der Waals surface area contributed by atoms with Gasteiger partial charge in [-0.25, -0.2) is 4.79 Å².